The number of carbonyl (C=O) groups excluding carboxylic acids is 1. The molecule has 0 aliphatic carbocycles. The second-order valence-electron chi connectivity index (χ2n) is 5.92. The monoisotopic (exact) mass is 321 g/mol. The first-order valence-corrected chi connectivity index (χ1v) is 8.16. The Morgan fingerprint density at radius 3 is 2.73 bits per heavy atom. The molecule has 0 fully saturated rings. The number of urea groups is 1. The Bertz CT molecular complexity index is 631. The van der Waals surface area contributed by atoms with Crippen molar-refractivity contribution < 1.29 is 4.79 Å². The van der Waals surface area contributed by atoms with Crippen LogP contribution in [0.15, 0.2) is 18.6 Å². The number of aryl methyl sites for hydroxylation is 3. The number of rotatable bonds is 6. The molecule has 7 heteroatoms. The van der Waals surface area contributed by atoms with E-state index in [4.69, 9.17) is 0 Å². The molecule has 2 heterocycles. The minimum absolute atomic E-state index is 0.172. The molecule has 6 nitrogen and oxygen atoms in total. The lowest BCUT2D eigenvalue weighted by Crippen LogP contribution is -2.46. The highest BCUT2D eigenvalue weighted by atomic mass is 32.1. The molecule has 22 heavy (non-hydrogen) atoms. The summed E-state index contributed by atoms with van der Waals surface area (Å²) in [4.78, 5) is 17.5. The predicted octanol–water partition coefficient (Wildman–Crippen LogP) is 2.58. The molecule has 2 aromatic rings. The van der Waals surface area contributed by atoms with Crippen molar-refractivity contribution in [2.45, 2.75) is 46.2 Å². The Balaban J connectivity index is 1.73. The van der Waals surface area contributed by atoms with Crippen molar-refractivity contribution >= 4 is 17.4 Å². The van der Waals surface area contributed by atoms with Crippen molar-refractivity contribution in [3.05, 3.63) is 34.0 Å². The molecule has 0 aliphatic heterocycles. The van der Waals surface area contributed by atoms with E-state index in [1.807, 2.05) is 51.0 Å². The number of aromatic nitrogens is 3. The van der Waals surface area contributed by atoms with Crippen LogP contribution in [0, 0.1) is 13.8 Å². The van der Waals surface area contributed by atoms with Gasteiger partial charge < -0.3 is 10.6 Å². The molecule has 0 saturated heterocycles. The normalized spacial score (nSPS) is 11.5. The smallest absolute Gasteiger partial charge is 0.315 e. The van der Waals surface area contributed by atoms with Crippen molar-refractivity contribution in [2.75, 3.05) is 6.54 Å². The second-order valence-corrected chi connectivity index (χ2v) is 7.15. The summed E-state index contributed by atoms with van der Waals surface area (Å²) >= 11 is 1.60. The SMILES string of the molecule is Cc1cnn(CCCNC(=O)NC(C)(C)c2ncc(C)s2)c1. The molecule has 0 radical (unpaired) electrons. The van der Waals surface area contributed by atoms with E-state index in [1.54, 1.807) is 11.3 Å². The molecule has 0 spiro atoms. The van der Waals surface area contributed by atoms with E-state index in [0.29, 0.717) is 6.54 Å². The van der Waals surface area contributed by atoms with Gasteiger partial charge in [0.05, 0.1) is 11.7 Å². The van der Waals surface area contributed by atoms with Gasteiger partial charge in [-0.3, -0.25) is 4.68 Å². The zero-order valence-electron chi connectivity index (χ0n) is 13.5. The highest BCUT2D eigenvalue weighted by molar-refractivity contribution is 7.11. The van der Waals surface area contributed by atoms with E-state index < -0.39 is 5.54 Å². The lowest BCUT2D eigenvalue weighted by atomic mass is 10.1. The van der Waals surface area contributed by atoms with Crippen molar-refractivity contribution in [1.29, 1.82) is 0 Å². The fraction of sp³-hybridized carbons (Fsp3) is 0.533. The van der Waals surface area contributed by atoms with Gasteiger partial charge in [-0.25, -0.2) is 9.78 Å². The maximum Gasteiger partial charge on any atom is 0.315 e. The first-order valence-electron chi connectivity index (χ1n) is 7.35. The van der Waals surface area contributed by atoms with Gasteiger partial charge in [0, 0.05) is 30.4 Å². The molecular formula is C15H23N5OS. The minimum Gasteiger partial charge on any atom is -0.338 e. The van der Waals surface area contributed by atoms with Crippen molar-refractivity contribution in [1.82, 2.24) is 25.4 Å². The van der Waals surface area contributed by atoms with Crippen LogP contribution in [0.4, 0.5) is 4.79 Å². The average molecular weight is 321 g/mol. The molecule has 2 N–H and O–H groups in total. The number of hydrogen-bond donors (Lipinski definition) is 2. The lowest BCUT2D eigenvalue weighted by molar-refractivity contribution is 0.229. The van der Waals surface area contributed by atoms with Crippen LogP contribution in [-0.4, -0.2) is 27.3 Å². The summed E-state index contributed by atoms with van der Waals surface area (Å²) < 4.78 is 1.89. The Morgan fingerprint density at radius 1 is 1.36 bits per heavy atom. The van der Waals surface area contributed by atoms with Gasteiger partial charge in [0.15, 0.2) is 0 Å². The van der Waals surface area contributed by atoms with E-state index in [9.17, 15) is 4.79 Å². The van der Waals surface area contributed by atoms with Crippen molar-refractivity contribution in [3.8, 4) is 0 Å². The van der Waals surface area contributed by atoms with E-state index in [2.05, 4.69) is 20.7 Å². The summed E-state index contributed by atoms with van der Waals surface area (Å²) in [7, 11) is 0. The van der Waals surface area contributed by atoms with Crippen LogP contribution in [-0.2, 0) is 12.1 Å². The van der Waals surface area contributed by atoms with Gasteiger partial charge in [-0.15, -0.1) is 11.3 Å². The number of nitrogens with one attached hydrogen (secondary N) is 2. The van der Waals surface area contributed by atoms with Crippen LogP contribution in [0.25, 0.3) is 0 Å². The fourth-order valence-electron chi connectivity index (χ4n) is 2.06. The molecule has 2 aromatic heterocycles. The fourth-order valence-corrected chi connectivity index (χ4v) is 2.88. The third kappa shape index (κ3) is 4.56. The van der Waals surface area contributed by atoms with Crippen LogP contribution >= 0.6 is 11.3 Å². The summed E-state index contributed by atoms with van der Waals surface area (Å²) in [5.41, 5.74) is 0.674. The van der Waals surface area contributed by atoms with Crippen LogP contribution in [0.3, 0.4) is 0 Å². The zero-order chi connectivity index (χ0) is 16.2. The Morgan fingerprint density at radius 2 is 2.14 bits per heavy atom. The standard InChI is InChI=1S/C15H23N5OS/c1-11-8-18-20(10-11)7-5-6-16-14(21)19-15(3,4)13-17-9-12(2)22-13/h8-10H,5-7H2,1-4H3,(H2,16,19,21). The maximum atomic E-state index is 12.0. The third-order valence-corrected chi connectivity index (χ3v) is 4.43. The van der Waals surface area contributed by atoms with Crippen LogP contribution in [0.1, 0.15) is 35.7 Å². The summed E-state index contributed by atoms with van der Waals surface area (Å²) in [6, 6.07) is -0.172. The van der Waals surface area contributed by atoms with Gasteiger partial charge in [0.2, 0.25) is 0 Å². The van der Waals surface area contributed by atoms with E-state index in [-0.39, 0.29) is 6.03 Å². The van der Waals surface area contributed by atoms with Crippen LogP contribution in [0.5, 0.6) is 0 Å². The molecule has 2 amide bonds. The molecule has 0 unspecified atom stereocenters. The summed E-state index contributed by atoms with van der Waals surface area (Å²) in [5, 5.41) is 11.0. The molecule has 0 aliphatic rings. The minimum atomic E-state index is -0.470. The highest BCUT2D eigenvalue weighted by Gasteiger charge is 2.25. The molecule has 120 valence electrons. The number of nitrogens with zero attached hydrogens (tertiary/aromatic N) is 3. The molecule has 0 aromatic carbocycles. The van der Waals surface area contributed by atoms with Gasteiger partial charge >= 0.3 is 6.03 Å². The zero-order valence-corrected chi connectivity index (χ0v) is 14.3. The molecule has 0 atom stereocenters. The summed E-state index contributed by atoms with van der Waals surface area (Å²) in [6.45, 7) is 9.33. The van der Waals surface area contributed by atoms with Crippen LogP contribution < -0.4 is 10.6 Å². The first kappa shape index (κ1) is 16.5. The van der Waals surface area contributed by atoms with Gasteiger partial charge in [-0.2, -0.15) is 5.10 Å². The second kappa shape index (κ2) is 6.91. The number of hydrogen-bond acceptors (Lipinski definition) is 4. The largest absolute Gasteiger partial charge is 0.338 e. The maximum absolute atomic E-state index is 12.0. The molecule has 0 bridgehead atoms. The number of thiazole rings is 1. The lowest BCUT2D eigenvalue weighted by Gasteiger charge is -2.24. The van der Waals surface area contributed by atoms with Crippen LogP contribution in [0.2, 0.25) is 0 Å². The molecule has 0 saturated carbocycles. The first-order chi connectivity index (χ1) is 10.4. The van der Waals surface area contributed by atoms with Crippen molar-refractivity contribution in [3.63, 3.8) is 0 Å². The van der Waals surface area contributed by atoms with E-state index in [1.165, 1.54) is 0 Å². The summed E-state index contributed by atoms with van der Waals surface area (Å²) in [6.07, 6.45) is 6.49. The Labute approximate surface area is 135 Å². The Kier molecular flexibility index (Phi) is 5.18. The highest BCUT2D eigenvalue weighted by Crippen LogP contribution is 2.24. The third-order valence-electron chi connectivity index (χ3n) is 3.19. The number of carbonyl (C=O) groups is 1. The predicted molar refractivity (Wildman–Crippen MR) is 88.0 cm³/mol. The van der Waals surface area contributed by atoms with Gasteiger partial charge in [0.25, 0.3) is 0 Å². The van der Waals surface area contributed by atoms with Gasteiger partial charge in [-0.05, 0) is 39.7 Å². The topological polar surface area (TPSA) is 71.8 Å². The van der Waals surface area contributed by atoms with E-state index >= 15 is 0 Å². The Hall–Kier alpha value is -1.89. The number of amides is 2. The average Bonchev–Trinajstić information content (AvgIpc) is 3.03. The quantitative estimate of drug-likeness (QED) is 0.803. The summed E-state index contributed by atoms with van der Waals surface area (Å²) in [5.74, 6) is 0. The van der Waals surface area contributed by atoms with Gasteiger partial charge in [0.1, 0.15) is 5.01 Å². The van der Waals surface area contributed by atoms with Gasteiger partial charge in [-0.1, -0.05) is 0 Å². The van der Waals surface area contributed by atoms with Crippen molar-refractivity contribution in [2.24, 2.45) is 0 Å². The molecule has 2 rings (SSSR count). The van der Waals surface area contributed by atoms with E-state index in [0.717, 1.165) is 28.4 Å². The molecular weight excluding hydrogens is 298 g/mol.